The lowest BCUT2D eigenvalue weighted by Crippen LogP contribution is -2.15. The number of amides is 2. The number of hydrogen-bond donors (Lipinski definition) is 3. The molecule has 0 atom stereocenters. The SMILES string of the molecule is CC(=O)Nc1cc(Cl)ccc1NC(=O)c1cccc2cn[nH]c12. The Kier molecular flexibility index (Phi) is 3.99. The minimum atomic E-state index is -0.311. The van der Waals surface area contributed by atoms with Gasteiger partial charge in [-0.05, 0) is 24.3 Å². The largest absolute Gasteiger partial charge is 0.324 e. The van der Waals surface area contributed by atoms with Crippen LogP contribution in [0.3, 0.4) is 0 Å². The number of nitrogens with zero attached hydrogens (tertiary/aromatic N) is 1. The number of halogens is 1. The summed E-state index contributed by atoms with van der Waals surface area (Å²) in [7, 11) is 0. The Balaban J connectivity index is 1.94. The van der Waals surface area contributed by atoms with Crippen LogP contribution in [-0.2, 0) is 4.79 Å². The zero-order valence-corrected chi connectivity index (χ0v) is 12.9. The Bertz CT molecular complexity index is 904. The summed E-state index contributed by atoms with van der Waals surface area (Å²) in [6.07, 6.45) is 1.65. The normalized spacial score (nSPS) is 10.5. The Hall–Kier alpha value is -2.86. The molecular formula is C16H13ClN4O2. The van der Waals surface area contributed by atoms with Gasteiger partial charge in [0.15, 0.2) is 0 Å². The van der Waals surface area contributed by atoms with Crippen molar-refractivity contribution in [3.8, 4) is 0 Å². The minimum absolute atomic E-state index is 0.251. The van der Waals surface area contributed by atoms with Crippen LogP contribution >= 0.6 is 11.6 Å². The molecule has 6 nitrogen and oxygen atoms in total. The zero-order chi connectivity index (χ0) is 16.4. The van der Waals surface area contributed by atoms with Crippen molar-refractivity contribution < 1.29 is 9.59 Å². The van der Waals surface area contributed by atoms with Crippen LogP contribution in [0.4, 0.5) is 11.4 Å². The number of H-pyrrole nitrogens is 1. The van der Waals surface area contributed by atoms with Gasteiger partial charge in [-0.15, -0.1) is 0 Å². The maximum absolute atomic E-state index is 12.5. The van der Waals surface area contributed by atoms with Crippen LogP contribution in [0, 0.1) is 0 Å². The minimum Gasteiger partial charge on any atom is -0.324 e. The van der Waals surface area contributed by atoms with Gasteiger partial charge in [-0.2, -0.15) is 5.10 Å². The molecule has 23 heavy (non-hydrogen) atoms. The molecular weight excluding hydrogens is 316 g/mol. The molecule has 0 spiro atoms. The molecule has 0 aliphatic heterocycles. The molecule has 3 N–H and O–H groups in total. The van der Waals surface area contributed by atoms with E-state index in [1.165, 1.54) is 6.92 Å². The van der Waals surface area contributed by atoms with Crippen molar-refractivity contribution in [2.24, 2.45) is 0 Å². The number of nitrogens with one attached hydrogen (secondary N) is 3. The number of carbonyl (C=O) groups excluding carboxylic acids is 2. The number of fused-ring (bicyclic) bond motifs is 1. The average molecular weight is 329 g/mol. The first-order chi connectivity index (χ1) is 11.0. The van der Waals surface area contributed by atoms with E-state index in [2.05, 4.69) is 20.8 Å². The third-order valence-electron chi connectivity index (χ3n) is 3.26. The Morgan fingerprint density at radius 2 is 1.96 bits per heavy atom. The van der Waals surface area contributed by atoms with Gasteiger partial charge < -0.3 is 10.6 Å². The molecule has 2 aromatic carbocycles. The van der Waals surface area contributed by atoms with E-state index in [9.17, 15) is 9.59 Å². The summed E-state index contributed by atoms with van der Waals surface area (Å²) in [4.78, 5) is 23.8. The molecule has 2 amide bonds. The molecule has 3 rings (SSSR count). The third kappa shape index (κ3) is 3.17. The second-order valence-corrected chi connectivity index (χ2v) is 5.40. The summed E-state index contributed by atoms with van der Waals surface area (Å²) >= 11 is 5.94. The molecule has 0 unspecified atom stereocenters. The van der Waals surface area contributed by atoms with Crippen LogP contribution in [0.5, 0.6) is 0 Å². The number of hydrogen-bond acceptors (Lipinski definition) is 3. The van der Waals surface area contributed by atoms with E-state index in [1.807, 2.05) is 6.07 Å². The van der Waals surface area contributed by atoms with Crippen molar-refractivity contribution in [2.45, 2.75) is 6.92 Å². The van der Waals surface area contributed by atoms with Crippen molar-refractivity contribution in [1.82, 2.24) is 10.2 Å². The first-order valence-corrected chi connectivity index (χ1v) is 7.23. The topological polar surface area (TPSA) is 86.9 Å². The summed E-state index contributed by atoms with van der Waals surface area (Å²) in [5.41, 5.74) is 2.02. The van der Waals surface area contributed by atoms with E-state index in [0.29, 0.717) is 27.5 Å². The standard InChI is InChI=1S/C16H13ClN4O2/c1-9(22)19-14-7-11(17)5-6-13(14)20-16(23)12-4-2-3-10-8-18-21-15(10)12/h2-8H,1H3,(H,18,21)(H,19,22)(H,20,23). The molecule has 116 valence electrons. The van der Waals surface area contributed by atoms with Gasteiger partial charge in [0.05, 0.1) is 28.7 Å². The quantitative estimate of drug-likeness (QED) is 0.688. The highest BCUT2D eigenvalue weighted by molar-refractivity contribution is 6.31. The Morgan fingerprint density at radius 1 is 1.13 bits per heavy atom. The predicted octanol–water partition coefficient (Wildman–Crippen LogP) is 3.43. The number of benzene rings is 2. The second-order valence-electron chi connectivity index (χ2n) is 4.97. The number of aromatic amines is 1. The smallest absolute Gasteiger partial charge is 0.257 e. The highest BCUT2D eigenvalue weighted by Gasteiger charge is 2.14. The number of anilines is 2. The van der Waals surface area contributed by atoms with E-state index in [0.717, 1.165) is 5.39 Å². The highest BCUT2D eigenvalue weighted by atomic mass is 35.5. The maximum Gasteiger partial charge on any atom is 0.257 e. The molecule has 0 bridgehead atoms. The van der Waals surface area contributed by atoms with E-state index in [1.54, 1.807) is 36.5 Å². The van der Waals surface area contributed by atoms with Gasteiger partial charge in [0.2, 0.25) is 5.91 Å². The van der Waals surface area contributed by atoms with Crippen LogP contribution < -0.4 is 10.6 Å². The molecule has 0 fully saturated rings. The zero-order valence-electron chi connectivity index (χ0n) is 12.2. The summed E-state index contributed by atoms with van der Waals surface area (Å²) in [6, 6.07) is 10.2. The lowest BCUT2D eigenvalue weighted by Gasteiger charge is -2.12. The fraction of sp³-hybridized carbons (Fsp3) is 0.0625. The van der Waals surface area contributed by atoms with Crippen LogP contribution in [0.2, 0.25) is 5.02 Å². The van der Waals surface area contributed by atoms with Crippen LogP contribution in [-0.4, -0.2) is 22.0 Å². The van der Waals surface area contributed by atoms with Crippen molar-refractivity contribution in [3.63, 3.8) is 0 Å². The van der Waals surface area contributed by atoms with Crippen LogP contribution in [0.1, 0.15) is 17.3 Å². The van der Waals surface area contributed by atoms with Crippen molar-refractivity contribution in [2.75, 3.05) is 10.6 Å². The van der Waals surface area contributed by atoms with Crippen molar-refractivity contribution in [3.05, 3.63) is 53.2 Å². The highest BCUT2D eigenvalue weighted by Crippen LogP contribution is 2.27. The van der Waals surface area contributed by atoms with Crippen molar-refractivity contribution >= 4 is 45.7 Å². The molecule has 0 aliphatic rings. The van der Waals surface area contributed by atoms with Gasteiger partial charge in [0.1, 0.15) is 0 Å². The maximum atomic E-state index is 12.5. The van der Waals surface area contributed by atoms with E-state index >= 15 is 0 Å². The van der Waals surface area contributed by atoms with Crippen LogP contribution in [0.25, 0.3) is 10.9 Å². The summed E-state index contributed by atoms with van der Waals surface area (Å²) < 4.78 is 0. The average Bonchev–Trinajstić information content (AvgIpc) is 2.97. The second kappa shape index (κ2) is 6.10. The number of rotatable bonds is 3. The Labute approximate surface area is 136 Å². The lowest BCUT2D eigenvalue weighted by atomic mass is 10.1. The molecule has 0 saturated carbocycles. The lowest BCUT2D eigenvalue weighted by molar-refractivity contribution is -0.114. The van der Waals surface area contributed by atoms with E-state index < -0.39 is 0 Å². The first-order valence-electron chi connectivity index (χ1n) is 6.85. The van der Waals surface area contributed by atoms with Gasteiger partial charge in [-0.1, -0.05) is 23.7 Å². The monoisotopic (exact) mass is 328 g/mol. The number of aromatic nitrogens is 2. The van der Waals surface area contributed by atoms with Crippen LogP contribution in [0.15, 0.2) is 42.6 Å². The number of carbonyl (C=O) groups is 2. The van der Waals surface area contributed by atoms with Gasteiger partial charge in [-0.25, -0.2) is 0 Å². The molecule has 7 heteroatoms. The van der Waals surface area contributed by atoms with E-state index in [-0.39, 0.29) is 11.8 Å². The molecule has 1 aromatic heterocycles. The summed E-state index contributed by atoms with van der Waals surface area (Å²) in [5.74, 6) is -0.563. The Morgan fingerprint density at radius 3 is 2.74 bits per heavy atom. The van der Waals surface area contributed by atoms with Crippen molar-refractivity contribution in [1.29, 1.82) is 0 Å². The molecule has 3 aromatic rings. The number of para-hydroxylation sites is 1. The molecule has 0 radical (unpaired) electrons. The van der Waals surface area contributed by atoms with Gasteiger partial charge in [-0.3, -0.25) is 14.7 Å². The third-order valence-corrected chi connectivity index (χ3v) is 3.50. The molecule has 1 heterocycles. The fourth-order valence-corrected chi connectivity index (χ4v) is 2.44. The molecule has 0 aliphatic carbocycles. The summed E-state index contributed by atoms with van der Waals surface area (Å²) in [6.45, 7) is 1.39. The van der Waals surface area contributed by atoms with Gasteiger partial charge in [0.25, 0.3) is 5.91 Å². The van der Waals surface area contributed by atoms with Gasteiger partial charge >= 0.3 is 0 Å². The first kappa shape index (κ1) is 15.1. The van der Waals surface area contributed by atoms with E-state index in [4.69, 9.17) is 11.6 Å². The fourth-order valence-electron chi connectivity index (χ4n) is 2.27. The predicted molar refractivity (Wildman–Crippen MR) is 89.8 cm³/mol. The molecule has 0 saturated heterocycles. The summed E-state index contributed by atoms with van der Waals surface area (Å²) in [5, 5.41) is 13.5. The van der Waals surface area contributed by atoms with Gasteiger partial charge in [0, 0.05) is 17.3 Å².